The zero-order valence-corrected chi connectivity index (χ0v) is 14.1. The zero-order valence-electron chi connectivity index (χ0n) is 14.1. The number of carbonyl (C=O) groups is 1. The summed E-state index contributed by atoms with van der Waals surface area (Å²) in [5.41, 5.74) is 4.02. The van der Waals surface area contributed by atoms with Gasteiger partial charge in [0.05, 0.1) is 5.56 Å². The topological polar surface area (TPSA) is 66.8 Å². The molecule has 1 aliphatic rings. The summed E-state index contributed by atoms with van der Waals surface area (Å²) < 4.78 is 5.80. The molecule has 0 bridgehead atoms. The van der Waals surface area contributed by atoms with Gasteiger partial charge in [-0.05, 0) is 42.5 Å². The normalized spacial score (nSPS) is 12.2. The second-order valence-corrected chi connectivity index (χ2v) is 6.34. The molecule has 0 unspecified atom stereocenters. The van der Waals surface area contributed by atoms with Crippen LogP contribution in [0.25, 0.3) is 11.1 Å². The lowest BCUT2D eigenvalue weighted by atomic mass is 9.89. The van der Waals surface area contributed by atoms with Gasteiger partial charge >= 0.3 is 5.97 Å². The van der Waals surface area contributed by atoms with Gasteiger partial charge in [0, 0.05) is 0 Å². The van der Waals surface area contributed by atoms with E-state index in [1.807, 2.05) is 25.1 Å². The molecule has 0 saturated heterocycles. The minimum Gasteiger partial charge on any atom is -0.506 e. The van der Waals surface area contributed by atoms with Gasteiger partial charge < -0.3 is 14.9 Å². The van der Waals surface area contributed by atoms with Gasteiger partial charge in [-0.2, -0.15) is 0 Å². The summed E-state index contributed by atoms with van der Waals surface area (Å²) in [6, 6.07) is 7.71. The standard InChI is InChI=1S/C20H22O4/c1-3-4-5-6-13-10-16-18(19(21)17(13)20(22)23)15-9-12(2)7-8-14(15)11-24-16/h7-10,21H,3-6,11H2,1-2H3,(H,22,23). The molecule has 0 atom stereocenters. The Morgan fingerprint density at radius 1 is 1.25 bits per heavy atom. The lowest BCUT2D eigenvalue weighted by Crippen LogP contribution is -2.11. The van der Waals surface area contributed by atoms with E-state index in [0.717, 1.165) is 36.0 Å². The van der Waals surface area contributed by atoms with Gasteiger partial charge in [0.25, 0.3) is 0 Å². The Morgan fingerprint density at radius 3 is 2.75 bits per heavy atom. The third kappa shape index (κ3) is 2.84. The number of carboxylic acid groups (broad SMARTS) is 1. The minimum atomic E-state index is -1.10. The summed E-state index contributed by atoms with van der Waals surface area (Å²) in [5, 5.41) is 20.3. The zero-order chi connectivity index (χ0) is 17.3. The largest absolute Gasteiger partial charge is 0.506 e. The molecule has 24 heavy (non-hydrogen) atoms. The van der Waals surface area contributed by atoms with Crippen molar-refractivity contribution in [3.05, 3.63) is 46.5 Å². The van der Waals surface area contributed by atoms with E-state index in [1.165, 1.54) is 0 Å². The maximum Gasteiger partial charge on any atom is 0.339 e. The van der Waals surface area contributed by atoms with E-state index in [-0.39, 0.29) is 11.3 Å². The maximum absolute atomic E-state index is 11.7. The van der Waals surface area contributed by atoms with Crippen LogP contribution in [0.5, 0.6) is 11.5 Å². The predicted octanol–water partition coefficient (Wildman–Crippen LogP) is 4.69. The van der Waals surface area contributed by atoms with Gasteiger partial charge in [-0.15, -0.1) is 0 Å². The van der Waals surface area contributed by atoms with Crippen molar-refractivity contribution in [1.29, 1.82) is 0 Å². The highest BCUT2D eigenvalue weighted by Crippen LogP contribution is 2.46. The molecule has 0 spiro atoms. The predicted molar refractivity (Wildman–Crippen MR) is 92.8 cm³/mol. The van der Waals surface area contributed by atoms with Crippen LogP contribution in [0.1, 0.15) is 53.2 Å². The fraction of sp³-hybridized carbons (Fsp3) is 0.350. The number of hydrogen-bond donors (Lipinski definition) is 2. The number of hydrogen-bond acceptors (Lipinski definition) is 3. The first-order valence-corrected chi connectivity index (χ1v) is 8.37. The molecule has 0 saturated carbocycles. The summed E-state index contributed by atoms with van der Waals surface area (Å²) in [6.07, 6.45) is 3.60. The van der Waals surface area contributed by atoms with E-state index in [1.54, 1.807) is 6.07 Å². The Hall–Kier alpha value is -2.49. The Morgan fingerprint density at radius 2 is 2.04 bits per heavy atom. The van der Waals surface area contributed by atoms with Crippen molar-refractivity contribution in [3.63, 3.8) is 0 Å². The number of ether oxygens (including phenoxy) is 1. The monoisotopic (exact) mass is 326 g/mol. The van der Waals surface area contributed by atoms with E-state index in [9.17, 15) is 15.0 Å². The van der Waals surface area contributed by atoms with Crippen molar-refractivity contribution in [2.45, 2.75) is 46.1 Å². The molecule has 0 fully saturated rings. The fourth-order valence-corrected chi connectivity index (χ4v) is 3.28. The summed E-state index contributed by atoms with van der Waals surface area (Å²) in [4.78, 5) is 11.7. The number of phenols is 1. The Labute approximate surface area is 141 Å². The average Bonchev–Trinajstić information content (AvgIpc) is 2.54. The lowest BCUT2D eigenvalue weighted by molar-refractivity contribution is 0.0692. The van der Waals surface area contributed by atoms with E-state index >= 15 is 0 Å². The number of aryl methyl sites for hydroxylation is 2. The van der Waals surface area contributed by atoms with Crippen LogP contribution in [-0.4, -0.2) is 16.2 Å². The van der Waals surface area contributed by atoms with Gasteiger partial charge in [-0.25, -0.2) is 4.79 Å². The van der Waals surface area contributed by atoms with Crippen LogP contribution in [-0.2, 0) is 13.0 Å². The molecule has 2 aromatic rings. The molecule has 3 rings (SSSR count). The molecule has 2 N–H and O–H groups in total. The first-order chi connectivity index (χ1) is 11.5. The molecule has 1 aliphatic heterocycles. The second-order valence-electron chi connectivity index (χ2n) is 6.34. The van der Waals surface area contributed by atoms with Crippen LogP contribution in [0.4, 0.5) is 0 Å². The summed E-state index contributed by atoms with van der Waals surface area (Å²) in [7, 11) is 0. The molecular formula is C20H22O4. The van der Waals surface area contributed by atoms with E-state index < -0.39 is 5.97 Å². The van der Waals surface area contributed by atoms with Gasteiger partial charge in [0.1, 0.15) is 23.7 Å². The van der Waals surface area contributed by atoms with Crippen molar-refractivity contribution < 1.29 is 19.7 Å². The maximum atomic E-state index is 11.7. The van der Waals surface area contributed by atoms with Crippen molar-refractivity contribution in [3.8, 4) is 22.6 Å². The number of unbranched alkanes of at least 4 members (excludes halogenated alkanes) is 2. The SMILES string of the molecule is CCCCCc1cc2c(c(O)c1C(=O)O)-c1cc(C)ccc1CO2. The van der Waals surface area contributed by atoms with Crippen molar-refractivity contribution in [1.82, 2.24) is 0 Å². The molecule has 0 aromatic heterocycles. The number of fused-ring (bicyclic) bond motifs is 3. The van der Waals surface area contributed by atoms with E-state index in [2.05, 4.69) is 6.92 Å². The third-order valence-corrected chi connectivity index (χ3v) is 4.53. The molecule has 4 heteroatoms. The molecule has 0 amide bonds. The van der Waals surface area contributed by atoms with Gasteiger partial charge in [0.15, 0.2) is 0 Å². The number of aromatic hydroxyl groups is 1. The molecule has 4 nitrogen and oxygen atoms in total. The molecular weight excluding hydrogens is 304 g/mol. The third-order valence-electron chi connectivity index (χ3n) is 4.53. The molecule has 0 radical (unpaired) electrons. The first-order valence-electron chi connectivity index (χ1n) is 8.37. The number of rotatable bonds is 5. The molecule has 2 aromatic carbocycles. The van der Waals surface area contributed by atoms with Gasteiger partial charge in [-0.1, -0.05) is 43.5 Å². The van der Waals surface area contributed by atoms with Crippen LogP contribution < -0.4 is 4.74 Å². The van der Waals surface area contributed by atoms with Crippen molar-refractivity contribution >= 4 is 5.97 Å². The van der Waals surface area contributed by atoms with Crippen molar-refractivity contribution in [2.75, 3.05) is 0 Å². The number of aromatic carboxylic acids is 1. The summed E-state index contributed by atoms with van der Waals surface area (Å²) in [5.74, 6) is -0.707. The van der Waals surface area contributed by atoms with Crippen molar-refractivity contribution in [2.24, 2.45) is 0 Å². The van der Waals surface area contributed by atoms with Gasteiger partial charge in [0.2, 0.25) is 0 Å². The van der Waals surface area contributed by atoms with Crippen LogP contribution in [0, 0.1) is 6.92 Å². The fourth-order valence-electron chi connectivity index (χ4n) is 3.28. The first kappa shape index (κ1) is 16.4. The highest BCUT2D eigenvalue weighted by atomic mass is 16.5. The highest BCUT2D eigenvalue weighted by Gasteiger charge is 2.27. The number of benzene rings is 2. The molecule has 1 heterocycles. The van der Waals surface area contributed by atoms with Crippen LogP contribution in [0.3, 0.4) is 0 Å². The van der Waals surface area contributed by atoms with Gasteiger partial charge in [-0.3, -0.25) is 0 Å². The Balaban J connectivity index is 2.16. The summed E-state index contributed by atoms with van der Waals surface area (Å²) >= 11 is 0. The molecule has 126 valence electrons. The lowest BCUT2D eigenvalue weighted by Gasteiger charge is -2.24. The van der Waals surface area contributed by atoms with E-state index in [0.29, 0.717) is 29.9 Å². The Kier molecular flexibility index (Phi) is 4.47. The minimum absolute atomic E-state index is 0.00260. The summed E-state index contributed by atoms with van der Waals surface area (Å²) in [6.45, 7) is 4.51. The smallest absolute Gasteiger partial charge is 0.339 e. The Bertz CT molecular complexity index is 793. The highest BCUT2D eigenvalue weighted by molar-refractivity contribution is 5.98. The average molecular weight is 326 g/mol. The van der Waals surface area contributed by atoms with Crippen LogP contribution in [0.15, 0.2) is 24.3 Å². The molecule has 0 aliphatic carbocycles. The quantitative estimate of drug-likeness (QED) is 0.782. The second kappa shape index (κ2) is 6.56. The van der Waals surface area contributed by atoms with Crippen LogP contribution >= 0.6 is 0 Å². The number of carboxylic acids is 1. The van der Waals surface area contributed by atoms with E-state index in [4.69, 9.17) is 4.74 Å². The van der Waals surface area contributed by atoms with Crippen LogP contribution in [0.2, 0.25) is 0 Å².